The van der Waals surface area contributed by atoms with Crippen molar-refractivity contribution in [2.24, 2.45) is 5.92 Å². The monoisotopic (exact) mass is 446 g/mol. The van der Waals surface area contributed by atoms with Crippen LogP contribution in [0.5, 0.6) is 17.2 Å². The van der Waals surface area contributed by atoms with Gasteiger partial charge in [-0.25, -0.2) is 4.79 Å². The predicted octanol–water partition coefficient (Wildman–Crippen LogP) is 4.79. The van der Waals surface area contributed by atoms with E-state index in [2.05, 4.69) is 10.6 Å². The first-order chi connectivity index (χ1) is 15.9. The molecule has 0 radical (unpaired) electrons. The Hall–Kier alpha value is -4.33. The van der Waals surface area contributed by atoms with Gasteiger partial charge in [0, 0.05) is 11.5 Å². The lowest BCUT2D eigenvalue weighted by molar-refractivity contribution is -0.117. The zero-order valence-electron chi connectivity index (χ0n) is 17.8. The van der Waals surface area contributed by atoms with Crippen LogP contribution in [0.3, 0.4) is 0 Å². The molecule has 3 aromatic rings. The number of benzene rings is 3. The van der Waals surface area contributed by atoms with E-state index in [4.69, 9.17) is 9.47 Å². The van der Waals surface area contributed by atoms with Crippen LogP contribution >= 0.6 is 0 Å². The molecule has 0 aliphatic heterocycles. The molecule has 3 aromatic carbocycles. The number of para-hydroxylation sites is 2. The first-order valence-corrected chi connectivity index (χ1v) is 10.3. The summed E-state index contributed by atoms with van der Waals surface area (Å²) in [4.78, 5) is 36.4. The maximum absolute atomic E-state index is 12.6. The largest absolute Gasteiger partial charge is 0.497 e. The molecule has 1 aliphatic carbocycles. The quantitative estimate of drug-likeness (QED) is 0.459. The van der Waals surface area contributed by atoms with Gasteiger partial charge in [-0.15, -0.1) is 0 Å². The molecule has 0 spiro atoms. The summed E-state index contributed by atoms with van der Waals surface area (Å²) in [7, 11) is 1.55. The van der Waals surface area contributed by atoms with E-state index in [9.17, 15) is 19.5 Å². The van der Waals surface area contributed by atoms with Gasteiger partial charge in [0.05, 0.1) is 24.0 Å². The van der Waals surface area contributed by atoms with E-state index >= 15 is 0 Å². The molecule has 0 heterocycles. The molecule has 0 bridgehead atoms. The summed E-state index contributed by atoms with van der Waals surface area (Å²) >= 11 is 0. The van der Waals surface area contributed by atoms with E-state index in [1.807, 2.05) is 0 Å². The lowest BCUT2D eigenvalue weighted by Gasteiger charge is -2.14. The average Bonchev–Trinajstić information content (AvgIpc) is 3.67. The first-order valence-electron chi connectivity index (χ1n) is 10.3. The van der Waals surface area contributed by atoms with Crippen molar-refractivity contribution in [1.82, 2.24) is 0 Å². The fraction of sp³-hybridized carbons (Fsp3) is 0.160. The third kappa shape index (κ3) is 5.30. The van der Waals surface area contributed by atoms with Gasteiger partial charge >= 0.3 is 5.97 Å². The Labute approximate surface area is 190 Å². The highest BCUT2D eigenvalue weighted by atomic mass is 16.5. The minimum atomic E-state index is -1.19. The summed E-state index contributed by atoms with van der Waals surface area (Å²) in [6.07, 6.45) is 1.63. The second-order valence-electron chi connectivity index (χ2n) is 7.56. The second kappa shape index (κ2) is 9.44. The highest BCUT2D eigenvalue weighted by Crippen LogP contribution is 2.34. The number of hydrogen-bond donors (Lipinski definition) is 3. The first kappa shape index (κ1) is 21.9. The lowest BCUT2D eigenvalue weighted by atomic mass is 10.1. The number of carbonyl (C=O) groups excluding carboxylic acids is 2. The van der Waals surface area contributed by atoms with Crippen LogP contribution in [0.1, 0.15) is 33.6 Å². The Morgan fingerprint density at radius 2 is 1.58 bits per heavy atom. The molecule has 1 saturated carbocycles. The van der Waals surface area contributed by atoms with Gasteiger partial charge in [-0.2, -0.15) is 0 Å². The number of aromatic carboxylic acids is 1. The Bertz CT molecular complexity index is 1200. The van der Waals surface area contributed by atoms with Crippen molar-refractivity contribution < 1.29 is 29.0 Å². The number of anilines is 2. The molecule has 1 aliphatic rings. The summed E-state index contributed by atoms with van der Waals surface area (Å²) in [5.41, 5.74) is 0.991. The molecule has 0 unspecified atom stereocenters. The van der Waals surface area contributed by atoms with Crippen LogP contribution < -0.4 is 20.1 Å². The molecule has 1 fully saturated rings. The number of nitrogens with one attached hydrogen (secondary N) is 2. The summed E-state index contributed by atoms with van der Waals surface area (Å²) in [5.74, 6) is -0.526. The molecular formula is C25H22N2O6. The van der Waals surface area contributed by atoms with Crippen LogP contribution in [-0.4, -0.2) is 30.0 Å². The molecule has 0 saturated heterocycles. The maximum atomic E-state index is 12.6. The fourth-order valence-corrected chi connectivity index (χ4v) is 3.18. The number of carboxylic acid groups (broad SMARTS) is 1. The maximum Gasteiger partial charge on any atom is 0.337 e. The van der Waals surface area contributed by atoms with E-state index < -0.39 is 5.97 Å². The predicted molar refractivity (Wildman–Crippen MR) is 122 cm³/mol. The van der Waals surface area contributed by atoms with Gasteiger partial charge < -0.3 is 25.2 Å². The highest BCUT2D eigenvalue weighted by molar-refractivity contribution is 6.05. The lowest BCUT2D eigenvalue weighted by Crippen LogP contribution is -2.16. The van der Waals surface area contributed by atoms with E-state index in [0.29, 0.717) is 22.7 Å². The number of carboxylic acids is 1. The standard InChI is InChI=1S/C25H22N2O6/c1-32-17-10-8-16(9-11-17)24(29)27-21-4-2-3-5-22(21)33-18-12-13-20(19(14-18)25(30)31)26-23(28)15-6-7-15/h2-5,8-15H,6-7H2,1H3,(H,26,28)(H,27,29)(H,30,31). The zero-order chi connectivity index (χ0) is 23.4. The smallest absolute Gasteiger partial charge is 0.337 e. The van der Waals surface area contributed by atoms with Gasteiger partial charge in [0.1, 0.15) is 11.5 Å². The Morgan fingerprint density at radius 3 is 2.24 bits per heavy atom. The molecule has 4 rings (SSSR count). The van der Waals surface area contributed by atoms with Crippen molar-refractivity contribution in [3.8, 4) is 17.2 Å². The minimum absolute atomic E-state index is 0.0521. The van der Waals surface area contributed by atoms with Crippen LogP contribution in [0.15, 0.2) is 66.7 Å². The average molecular weight is 446 g/mol. The third-order valence-corrected chi connectivity index (χ3v) is 5.14. The molecule has 2 amide bonds. The molecule has 3 N–H and O–H groups in total. The molecule has 8 heteroatoms. The van der Waals surface area contributed by atoms with E-state index in [1.54, 1.807) is 61.7 Å². The van der Waals surface area contributed by atoms with E-state index in [1.165, 1.54) is 12.1 Å². The van der Waals surface area contributed by atoms with E-state index in [-0.39, 0.29) is 34.7 Å². The van der Waals surface area contributed by atoms with Gasteiger partial charge in [-0.3, -0.25) is 9.59 Å². The van der Waals surface area contributed by atoms with Crippen molar-refractivity contribution in [1.29, 1.82) is 0 Å². The van der Waals surface area contributed by atoms with Gasteiger partial charge in [-0.1, -0.05) is 12.1 Å². The second-order valence-corrected chi connectivity index (χ2v) is 7.56. The summed E-state index contributed by atoms with van der Waals surface area (Å²) in [6.45, 7) is 0. The normalized spacial score (nSPS) is 12.5. The molecule has 8 nitrogen and oxygen atoms in total. The topological polar surface area (TPSA) is 114 Å². The SMILES string of the molecule is COc1ccc(C(=O)Nc2ccccc2Oc2ccc(NC(=O)C3CC3)c(C(=O)O)c2)cc1. The number of rotatable bonds is 8. The Morgan fingerprint density at radius 1 is 0.879 bits per heavy atom. The van der Waals surface area contributed by atoms with Gasteiger partial charge in [0.25, 0.3) is 5.91 Å². The van der Waals surface area contributed by atoms with Crippen molar-refractivity contribution in [2.75, 3.05) is 17.7 Å². The molecule has 33 heavy (non-hydrogen) atoms. The molecule has 168 valence electrons. The summed E-state index contributed by atoms with van der Waals surface area (Å²) in [6, 6.07) is 17.9. The number of carbonyl (C=O) groups is 3. The van der Waals surface area contributed by atoms with Crippen molar-refractivity contribution in [3.63, 3.8) is 0 Å². The third-order valence-electron chi connectivity index (χ3n) is 5.14. The highest BCUT2D eigenvalue weighted by Gasteiger charge is 2.30. The Kier molecular flexibility index (Phi) is 6.26. The summed E-state index contributed by atoms with van der Waals surface area (Å²) < 4.78 is 11.0. The number of hydrogen-bond acceptors (Lipinski definition) is 5. The zero-order valence-corrected chi connectivity index (χ0v) is 17.8. The fourth-order valence-electron chi connectivity index (χ4n) is 3.18. The van der Waals surface area contributed by atoms with Gasteiger partial charge in [0.15, 0.2) is 5.75 Å². The number of methoxy groups -OCH3 is 1. The van der Waals surface area contributed by atoms with Gasteiger partial charge in [0.2, 0.25) is 5.91 Å². The number of ether oxygens (including phenoxy) is 2. The van der Waals surface area contributed by atoms with Crippen molar-refractivity contribution in [2.45, 2.75) is 12.8 Å². The van der Waals surface area contributed by atoms with Crippen LogP contribution in [0, 0.1) is 5.92 Å². The Balaban J connectivity index is 1.53. The molecular weight excluding hydrogens is 424 g/mol. The number of amides is 2. The van der Waals surface area contributed by atoms with Gasteiger partial charge in [-0.05, 0) is 67.4 Å². The minimum Gasteiger partial charge on any atom is -0.497 e. The molecule has 0 aromatic heterocycles. The molecule has 0 atom stereocenters. The van der Waals surface area contributed by atoms with E-state index in [0.717, 1.165) is 12.8 Å². The van der Waals surface area contributed by atoms with Crippen molar-refractivity contribution >= 4 is 29.2 Å². The van der Waals surface area contributed by atoms with Crippen LogP contribution in [-0.2, 0) is 4.79 Å². The summed E-state index contributed by atoms with van der Waals surface area (Å²) in [5, 5.41) is 15.1. The van der Waals surface area contributed by atoms with Crippen molar-refractivity contribution in [3.05, 3.63) is 77.9 Å². The van der Waals surface area contributed by atoms with Crippen LogP contribution in [0.25, 0.3) is 0 Å². The van der Waals surface area contributed by atoms with Crippen LogP contribution in [0.2, 0.25) is 0 Å². The van der Waals surface area contributed by atoms with Crippen LogP contribution in [0.4, 0.5) is 11.4 Å².